The molecule has 0 aliphatic rings. The number of rotatable bonds is 1. The summed E-state index contributed by atoms with van der Waals surface area (Å²) >= 11 is 0. The highest BCUT2D eigenvalue weighted by Gasteiger charge is 2.03. The summed E-state index contributed by atoms with van der Waals surface area (Å²) in [6.45, 7) is 0. The van der Waals surface area contributed by atoms with Gasteiger partial charge >= 0.3 is 0 Å². The van der Waals surface area contributed by atoms with Crippen LogP contribution in [0.2, 0.25) is 0 Å². The molecule has 64 valence electrons. The smallest absolute Gasteiger partial charge is 0.174 e. The van der Waals surface area contributed by atoms with Gasteiger partial charge in [-0.1, -0.05) is 35.5 Å². The number of nitrogens with zero attached hydrogens (tertiary/aromatic N) is 2. The minimum absolute atomic E-state index is 0.565. The largest absolute Gasteiger partial charge is 0.409 e. The van der Waals surface area contributed by atoms with Crippen LogP contribution in [0.4, 0.5) is 0 Å². The molecule has 0 aromatic heterocycles. The van der Waals surface area contributed by atoms with Crippen LogP contribution in [0.25, 0.3) is 0 Å². The molecule has 0 heterocycles. The Balaban J connectivity index is 2.97. The molecule has 1 rings (SSSR count). The fourth-order valence-corrected chi connectivity index (χ4v) is 0.993. The Hall–Kier alpha value is -1.51. The molecule has 0 atom stereocenters. The van der Waals surface area contributed by atoms with Gasteiger partial charge in [0.2, 0.25) is 0 Å². The van der Waals surface area contributed by atoms with Crippen LogP contribution in [-0.2, 0) is 0 Å². The number of amidine groups is 1. The third-order valence-electron chi connectivity index (χ3n) is 1.55. The van der Waals surface area contributed by atoms with Crippen molar-refractivity contribution in [2.45, 2.75) is 0 Å². The molecule has 0 radical (unpaired) electrons. The van der Waals surface area contributed by atoms with E-state index in [0.717, 1.165) is 5.56 Å². The van der Waals surface area contributed by atoms with E-state index >= 15 is 0 Å². The Bertz CT molecular complexity index is 267. The molecule has 1 aromatic carbocycles. The van der Waals surface area contributed by atoms with Crippen molar-refractivity contribution >= 4 is 5.84 Å². The van der Waals surface area contributed by atoms with Crippen LogP contribution in [0.15, 0.2) is 35.5 Å². The second-order valence-electron chi connectivity index (χ2n) is 2.68. The maximum absolute atomic E-state index is 8.70. The van der Waals surface area contributed by atoms with E-state index in [1.807, 2.05) is 44.4 Å². The van der Waals surface area contributed by atoms with Gasteiger partial charge in [-0.25, -0.2) is 0 Å². The van der Waals surface area contributed by atoms with Gasteiger partial charge in [-0.2, -0.15) is 0 Å². The first-order chi connectivity index (χ1) is 5.75. The summed E-state index contributed by atoms with van der Waals surface area (Å²) in [5, 5.41) is 11.9. The zero-order valence-corrected chi connectivity index (χ0v) is 7.23. The predicted octanol–water partition coefficient (Wildman–Crippen LogP) is 1.38. The van der Waals surface area contributed by atoms with E-state index in [1.54, 1.807) is 4.90 Å². The number of oxime groups is 1. The minimum Gasteiger partial charge on any atom is -0.409 e. The van der Waals surface area contributed by atoms with Gasteiger partial charge in [0.15, 0.2) is 5.84 Å². The Morgan fingerprint density at radius 2 is 1.83 bits per heavy atom. The third-order valence-corrected chi connectivity index (χ3v) is 1.55. The lowest BCUT2D eigenvalue weighted by molar-refractivity contribution is 0.310. The second kappa shape index (κ2) is 3.76. The van der Waals surface area contributed by atoms with E-state index < -0.39 is 0 Å². The average Bonchev–Trinajstić information content (AvgIpc) is 2.07. The van der Waals surface area contributed by atoms with Crippen LogP contribution in [0.3, 0.4) is 0 Å². The van der Waals surface area contributed by atoms with Gasteiger partial charge in [0.25, 0.3) is 0 Å². The van der Waals surface area contributed by atoms with Crippen LogP contribution in [0, 0.1) is 0 Å². The maximum Gasteiger partial charge on any atom is 0.174 e. The molecule has 0 aliphatic heterocycles. The van der Waals surface area contributed by atoms with Crippen LogP contribution in [0.5, 0.6) is 0 Å². The van der Waals surface area contributed by atoms with Gasteiger partial charge in [-0.15, -0.1) is 0 Å². The first kappa shape index (κ1) is 8.59. The molecule has 3 nitrogen and oxygen atoms in total. The Morgan fingerprint density at radius 1 is 1.25 bits per heavy atom. The fourth-order valence-electron chi connectivity index (χ4n) is 0.993. The molecular formula is C9H12N2O. The summed E-state index contributed by atoms with van der Waals surface area (Å²) in [6, 6.07) is 9.53. The second-order valence-corrected chi connectivity index (χ2v) is 2.68. The standard InChI is InChI=1S/C9H12N2O/c1-11(2)9(10-12)8-6-4-3-5-7-8/h3-7,12H,1-2H3/b10-9-. The molecular weight excluding hydrogens is 152 g/mol. The normalized spacial score (nSPS) is 11.3. The lowest BCUT2D eigenvalue weighted by Gasteiger charge is -2.13. The van der Waals surface area contributed by atoms with Crippen molar-refractivity contribution in [3.05, 3.63) is 35.9 Å². The van der Waals surface area contributed by atoms with Gasteiger partial charge in [0, 0.05) is 19.7 Å². The summed E-state index contributed by atoms with van der Waals surface area (Å²) in [5.41, 5.74) is 0.907. The van der Waals surface area contributed by atoms with Gasteiger partial charge in [0.05, 0.1) is 0 Å². The molecule has 1 N–H and O–H groups in total. The molecule has 1 aromatic rings. The number of benzene rings is 1. The first-order valence-corrected chi connectivity index (χ1v) is 3.70. The highest BCUT2D eigenvalue weighted by molar-refractivity contribution is 5.97. The molecule has 0 spiro atoms. The predicted molar refractivity (Wildman–Crippen MR) is 48.5 cm³/mol. The Kier molecular flexibility index (Phi) is 2.69. The van der Waals surface area contributed by atoms with E-state index in [1.165, 1.54) is 0 Å². The summed E-state index contributed by atoms with van der Waals surface area (Å²) < 4.78 is 0. The van der Waals surface area contributed by atoms with Crippen molar-refractivity contribution < 1.29 is 5.21 Å². The van der Waals surface area contributed by atoms with E-state index in [0.29, 0.717) is 5.84 Å². The maximum atomic E-state index is 8.70. The topological polar surface area (TPSA) is 35.8 Å². The zero-order chi connectivity index (χ0) is 8.97. The van der Waals surface area contributed by atoms with Crippen molar-refractivity contribution in [3.8, 4) is 0 Å². The Morgan fingerprint density at radius 3 is 2.25 bits per heavy atom. The lowest BCUT2D eigenvalue weighted by atomic mass is 10.2. The summed E-state index contributed by atoms with van der Waals surface area (Å²) in [7, 11) is 3.67. The molecule has 0 fully saturated rings. The fraction of sp³-hybridized carbons (Fsp3) is 0.222. The first-order valence-electron chi connectivity index (χ1n) is 3.70. The van der Waals surface area contributed by atoms with Crippen LogP contribution < -0.4 is 0 Å². The zero-order valence-electron chi connectivity index (χ0n) is 7.23. The van der Waals surface area contributed by atoms with E-state index in [2.05, 4.69) is 5.16 Å². The summed E-state index contributed by atoms with van der Waals surface area (Å²) in [4.78, 5) is 1.76. The van der Waals surface area contributed by atoms with Crippen LogP contribution in [0.1, 0.15) is 5.56 Å². The average molecular weight is 164 g/mol. The summed E-state index contributed by atoms with van der Waals surface area (Å²) in [6.07, 6.45) is 0. The van der Waals surface area contributed by atoms with Gasteiger partial charge < -0.3 is 10.1 Å². The highest BCUT2D eigenvalue weighted by Crippen LogP contribution is 2.02. The molecule has 0 saturated heterocycles. The monoisotopic (exact) mass is 164 g/mol. The van der Waals surface area contributed by atoms with E-state index in [4.69, 9.17) is 5.21 Å². The quantitative estimate of drug-likeness (QED) is 0.294. The number of hydrogen-bond acceptors (Lipinski definition) is 2. The van der Waals surface area contributed by atoms with Gasteiger partial charge in [0.1, 0.15) is 0 Å². The van der Waals surface area contributed by atoms with E-state index in [-0.39, 0.29) is 0 Å². The number of hydrogen-bond donors (Lipinski definition) is 1. The van der Waals surface area contributed by atoms with Crippen LogP contribution in [-0.4, -0.2) is 30.0 Å². The van der Waals surface area contributed by atoms with Crippen molar-refractivity contribution in [2.75, 3.05) is 14.1 Å². The molecule has 0 saturated carbocycles. The van der Waals surface area contributed by atoms with Crippen molar-refractivity contribution in [3.63, 3.8) is 0 Å². The minimum atomic E-state index is 0.565. The SMILES string of the molecule is CN(C)/C(=N\O)c1ccccc1. The molecule has 3 heteroatoms. The van der Waals surface area contributed by atoms with Crippen molar-refractivity contribution in [1.82, 2.24) is 4.90 Å². The molecule has 0 unspecified atom stereocenters. The molecule has 12 heavy (non-hydrogen) atoms. The molecule has 0 amide bonds. The van der Waals surface area contributed by atoms with E-state index in [9.17, 15) is 0 Å². The van der Waals surface area contributed by atoms with Gasteiger partial charge in [-0.05, 0) is 0 Å². The van der Waals surface area contributed by atoms with Crippen molar-refractivity contribution in [1.29, 1.82) is 0 Å². The molecule has 0 aliphatic carbocycles. The Labute approximate surface area is 71.9 Å². The van der Waals surface area contributed by atoms with Crippen molar-refractivity contribution in [2.24, 2.45) is 5.16 Å². The third kappa shape index (κ3) is 1.75. The summed E-state index contributed by atoms with van der Waals surface area (Å²) in [5.74, 6) is 0.565. The lowest BCUT2D eigenvalue weighted by Crippen LogP contribution is -2.22. The van der Waals surface area contributed by atoms with Gasteiger partial charge in [-0.3, -0.25) is 0 Å². The molecule has 0 bridgehead atoms. The highest BCUT2D eigenvalue weighted by atomic mass is 16.4. The van der Waals surface area contributed by atoms with Crippen LogP contribution >= 0.6 is 0 Å².